The first-order valence-electron chi connectivity index (χ1n) is 12.3. The topological polar surface area (TPSA) is 66.4 Å². The number of carbonyl (C=O) groups excluding carboxylic acids is 1. The van der Waals surface area contributed by atoms with Gasteiger partial charge >= 0.3 is 0 Å². The van der Waals surface area contributed by atoms with Crippen molar-refractivity contribution in [1.29, 1.82) is 0 Å². The summed E-state index contributed by atoms with van der Waals surface area (Å²) in [6.07, 6.45) is 5.66. The van der Waals surface area contributed by atoms with Crippen molar-refractivity contribution in [1.82, 2.24) is 15.1 Å². The van der Waals surface area contributed by atoms with E-state index in [1.807, 2.05) is 4.90 Å². The summed E-state index contributed by atoms with van der Waals surface area (Å²) in [7, 11) is 0. The number of likely N-dealkylation sites (tertiary alicyclic amines) is 1. The summed E-state index contributed by atoms with van der Waals surface area (Å²) in [6.45, 7) is 7.75. The number of carbonyl (C=O) groups is 1. The standard InChI is InChI=1S/C25H38N4O3/c1-2-26-25(29-14-16-32-23(19-29)22-9-6-15-31-22)27-18-24(30)28-12-10-21(11-13-28)17-20-7-4-3-5-8-20/h3-5,7-8,21-23H,2,6,9-19H2,1H3,(H,26,27). The van der Waals surface area contributed by atoms with Gasteiger partial charge in [-0.1, -0.05) is 30.3 Å². The largest absolute Gasteiger partial charge is 0.375 e. The molecule has 0 aromatic heterocycles. The van der Waals surface area contributed by atoms with Crippen molar-refractivity contribution in [3.05, 3.63) is 35.9 Å². The predicted octanol–water partition coefficient (Wildman–Crippen LogP) is 2.31. The Morgan fingerprint density at radius 1 is 1.03 bits per heavy atom. The molecule has 2 unspecified atom stereocenters. The van der Waals surface area contributed by atoms with Crippen LogP contribution in [0.1, 0.15) is 38.2 Å². The SMILES string of the molecule is CCNC(=NCC(=O)N1CCC(Cc2ccccc2)CC1)N1CCOC(C2CCCO2)C1. The molecule has 2 atom stereocenters. The Morgan fingerprint density at radius 2 is 1.81 bits per heavy atom. The Hall–Kier alpha value is -2.12. The molecule has 1 aromatic rings. The summed E-state index contributed by atoms with van der Waals surface area (Å²) >= 11 is 0. The van der Waals surface area contributed by atoms with E-state index in [2.05, 4.69) is 47.5 Å². The molecule has 3 saturated heterocycles. The van der Waals surface area contributed by atoms with Crippen LogP contribution in [0.2, 0.25) is 0 Å². The molecule has 7 heteroatoms. The number of amides is 1. The van der Waals surface area contributed by atoms with Crippen LogP contribution in [0.3, 0.4) is 0 Å². The van der Waals surface area contributed by atoms with Gasteiger partial charge in [0.1, 0.15) is 12.6 Å². The maximum Gasteiger partial charge on any atom is 0.244 e. The van der Waals surface area contributed by atoms with Crippen LogP contribution in [0.5, 0.6) is 0 Å². The normalized spacial score (nSPS) is 25.2. The number of nitrogens with zero attached hydrogens (tertiary/aromatic N) is 3. The highest BCUT2D eigenvalue weighted by atomic mass is 16.5. The molecule has 0 aliphatic carbocycles. The molecule has 7 nitrogen and oxygen atoms in total. The Balaban J connectivity index is 1.27. The minimum atomic E-state index is 0.0782. The number of hydrogen-bond donors (Lipinski definition) is 1. The lowest BCUT2D eigenvalue weighted by atomic mass is 9.90. The molecule has 4 rings (SSSR count). The Bertz CT molecular complexity index is 743. The minimum Gasteiger partial charge on any atom is -0.375 e. The molecular formula is C25H38N4O3. The molecule has 3 aliphatic heterocycles. The summed E-state index contributed by atoms with van der Waals surface area (Å²) in [5.74, 6) is 1.60. The summed E-state index contributed by atoms with van der Waals surface area (Å²) in [4.78, 5) is 21.8. The van der Waals surface area contributed by atoms with E-state index in [1.54, 1.807) is 0 Å². The molecule has 0 bridgehead atoms. The number of benzene rings is 1. The van der Waals surface area contributed by atoms with Gasteiger partial charge in [-0.3, -0.25) is 4.79 Å². The fourth-order valence-corrected chi connectivity index (χ4v) is 4.99. The maximum atomic E-state index is 12.9. The summed E-state index contributed by atoms with van der Waals surface area (Å²) in [5.41, 5.74) is 1.39. The van der Waals surface area contributed by atoms with E-state index in [-0.39, 0.29) is 24.7 Å². The zero-order chi connectivity index (χ0) is 22.2. The van der Waals surface area contributed by atoms with Crippen LogP contribution in [-0.4, -0.2) is 86.4 Å². The molecule has 3 fully saturated rings. The molecule has 3 heterocycles. The van der Waals surface area contributed by atoms with E-state index in [0.717, 1.165) is 77.4 Å². The third-order valence-corrected chi connectivity index (χ3v) is 6.81. The second-order valence-electron chi connectivity index (χ2n) is 9.09. The zero-order valence-electron chi connectivity index (χ0n) is 19.4. The van der Waals surface area contributed by atoms with Crippen molar-refractivity contribution in [3.8, 4) is 0 Å². The van der Waals surface area contributed by atoms with Crippen LogP contribution in [-0.2, 0) is 20.7 Å². The third-order valence-electron chi connectivity index (χ3n) is 6.81. The molecule has 0 saturated carbocycles. The van der Waals surface area contributed by atoms with E-state index in [9.17, 15) is 4.79 Å². The monoisotopic (exact) mass is 442 g/mol. The average Bonchev–Trinajstić information content (AvgIpc) is 3.38. The van der Waals surface area contributed by atoms with Gasteiger partial charge in [0, 0.05) is 39.3 Å². The molecule has 1 aromatic carbocycles. The predicted molar refractivity (Wildman–Crippen MR) is 126 cm³/mol. The molecule has 1 N–H and O–H groups in total. The zero-order valence-corrected chi connectivity index (χ0v) is 19.4. The molecule has 0 spiro atoms. The molecule has 0 radical (unpaired) electrons. The number of rotatable bonds is 6. The van der Waals surface area contributed by atoms with Crippen LogP contribution in [0, 0.1) is 5.92 Å². The van der Waals surface area contributed by atoms with E-state index < -0.39 is 0 Å². The summed E-state index contributed by atoms with van der Waals surface area (Å²) < 4.78 is 11.8. The number of morpholine rings is 1. The molecule has 1 amide bonds. The first kappa shape index (κ1) is 23.1. The Labute approximate surface area is 192 Å². The van der Waals surface area contributed by atoms with E-state index >= 15 is 0 Å². The fourth-order valence-electron chi connectivity index (χ4n) is 4.99. The number of guanidine groups is 1. The molecule has 32 heavy (non-hydrogen) atoms. The quantitative estimate of drug-likeness (QED) is 0.541. The average molecular weight is 443 g/mol. The number of piperidine rings is 1. The van der Waals surface area contributed by atoms with Crippen LogP contribution in [0.15, 0.2) is 35.3 Å². The lowest BCUT2D eigenvalue weighted by Gasteiger charge is -2.37. The van der Waals surface area contributed by atoms with Gasteiger partial charge in [-0.2, -0.15) is 0 Å². The van der Waals surface area contributed by atoms with Crippen LogP contribution in [0.4, 0.5) is 0 Å². The van der Waals surface area contributed by atoms with Gasteiger partial charge in [0.25, 0.3) is 0 Å². The summed E-state index contributed by atoms with van der Waals surface area (Å²) in [5, 5.41) is 3.36. The van der Waals surface area contributed by atoms with E-state index in [4.69, 9.17) is 14.5 Å². The second-order valence-corrected chi connectivity index (χ2v) is 9.09. The van der Waals surface area contributed by atoms with E-state index in [0.29, 0.717) is 12.5 Å². The van der Waals surface area contributed by atoms with Gasteiger partial charge < -0.3 is 24.6 Å². The van der Waals surface area contributed by atoms with Crippen molar-refractivity contribution in [3.63, 3.8) is 0 Å². The lowest BCUT2D eigenvalue weighted by Crippen LogP contribution is -2.53. The van der Waals surface area contributed by atoms with Crippen LogP contribution < -0.4 is 5.32 Å². The van der Waals surface area contributed by atoms with Crippen LogP contribution in [0.25, 0.3) is 0 Å². The maximum absolute atomic E-state index is 12.9. The van der Waals surface area contributed by atoms with Gasteiger partial charge in [0.15, 0.2) is 5.96 Å². The minimum absolute atomic E-state index is 0.0782. The van der Waals surface area contributed by atoms with Gasteiger partial charge in [-0.15, -0.1) is 0 Å². The van der Waals surface area contributed by atoms with Crippen LogP contribution >= 0.6 is 0 Å². The van der Waals surface area contributed by atoms with Crippen molar-refractivity contribution < 1.29 is 14.3 Å². The fraction of sp³-hybridized carbons (Fsp3) is 0.680. The Morgan fingerprint density at radius 3 is 2.53 bits per heavy atom. The van der Waals surface area contributed by atoms with Gasteiger partial charge in [-0.05, 0) is 50.5 Å². The van der Waals surface area contributed by atoms with Crippen molar-refractivity contribution in [2.45, 2.75) is 51.2 Å². The Kier molecular flexibility index (Phi) is 8.40. The molecular weight excluding hydrogens is 404 g/mol. The highest BCUT2D eigenvalue weighted by Crippen LogP contribution is 2.22. The first-order chi connectivity index (χ1) is 15.7. The van der Waals surface area contributed by atoms with E-state index in [1.165, 1.54) is 5.56 Å². The van der Waals surface area contributed by atoms with Crippen molar-refractivity contribution >= 4 is 11.9 Å². The molecule has 176 valence electrons. The summed E-state index contributed by atoms with van der Waals surface area (Å²) in [6, 6.07) is 10.7. The number of hydrogen-bond acceptors (Lipinski definition) is 4. The highest BCUT2D eigenvalue weighted by molar-refractivity contribution is 5.85. The number of aliphatic imine (C=N–C) groups is 1. The van der Waals surface area contributed by atoms with Crippen molar-refractivity contribution in [2.75, 3.05) is 52.5 Å². The first-order valence-corrected chi connectivity index (χ1v) is 12.3. The highest BCUT2D eigenvalue weighted by Gasteiger charge is 2.32. The van der Waals surface area contributed by atoms with Crippen molar-refractivity contribution in [2.24, 2.45) is 10.9 Å². The third kappa shape index (κ3) is 6.23. The van der Waals surface area contributed by atoms with Gasteiger partial charge in [-0.25, -0.2) is 4.99 Å². The number of ether oxygens (including phenoxy) is 2. The lowest BCUT2D eigenvalue weighted by molar-refractivity contribution is -0.131. The van der Waals surface area contributed by atoms with Gasteiger partial charge in [0.05, 0.1) is 12.7 Å². The molecule has 3 aliphatic rings. The smallest absolute Gasteiger partial charge is 0.244 e. The van der Waals surface area contributed by atoms with Gasteiger partial charge in [0.2, 0.25) is 5.91 Å². The number of nitrogens with one attached hydrogen (secondary N) is 1. The second kappa shape index (κ2) is 11.7.